The normalized spacial score (nSPS) is 13.1. The molecule has 0 aliphatic heterocycles. The van der Waals surface area contributed by atoms with Crippen molar-refractivity contribution in [2.45, 2.75) is 18.6 Å². The molecule has 0 aliphatic rings. The van der Waals surface area contributed by atoms with Gasteiger partial charge in [-0.05, 0) is 29.8 Å². The van der Waals surface area contributed by atoms with E-state index < -0.39 is 10.7 Å². The molecule has 10 heteroatoms. The maximum absolute atomic E-state index is 11.5. The molecule has 0 saturated carbocycles. The van der Waals surface area contributed by atoms with E-state index in [1.807, 2.05) is 0 Å². The first-order valence-corrected chi connectivity index (χ1v) is 9.90. The van der Waals surface area contributed by atoms with Gasteiger partial charge in [0, 0.05) is 43.9 Å². The summed E-state index contributed by atoms with van der Waals surface area (Å²) < 4.78 is 2.28. The number of halogens is 4. The molecular formula is C18H13BrCl3N3O3. The van der Waals surface area contributed by atoms with E-state index in [0.717, 1.165) is 0 Å². The molecule has 0 amide bonds. The standard InChI is InChI=1S/C18H13BrCl3N3O3/c19-16-7-13(20)3-4-15(16)18(28-25(26)27,10-24-6-5-23-11-24)9-12-1-2-14(21)8-17(12)22/h1-8,11H,9-10H2. The van der Waals surface area contributed by atoms with E-state index in [9.17, 15) is 10.1 Å². The highest BCUT2D eigenvalue weighted by Crippen LogP contribution is 2.39. The summed E-state index contributed by atoms with van der Waals surface area (Å²) in [5, 5.41) is 12.0. The zero-order valence-electron chi connectivity index (χ0n) is 14.2. The second-order valence-electron chi connectivity index (χ2n) is 6.08. The summed E-state index contributed by atoms with van der Waals surface area (Å²) in [5.74, 6) is 0. The van der Waals surface area contributed by atoms with Crippen molar-refractivity contribution in [2.24, 2.45) is 0 Å². The Hall–Kier alpha value is -1.80. The Morgan fingerprint density at radius 3 is 2.50 bits per heavy atom. The lowest BCUT2D eigenvalue weighted by Crippen LogP contribution is -2.39. The van der Waals surface area contributed by atoms with E-state index >= 15 is 0 Å². The van der Waals surface area contributed by atoms with E-state index in [2.05, 4.69) is 20.9 Å². The summed E-state index contributed by atoms with van der Waals surface area (Å²) in [6, 6.07) is 9.98. The van der Waals surface area contributed by atoms with Gasteiger partial charge in [-0.15, -0.1) is 10.1 Å². The number of aromatic nitrogens is 2. The monoisotopic (exact) mass is 503 g/mol. The Morgan fingerprint density at radius 2 is 1.89 bits per heavy atom. The Kier molecular flexibility index (Phi) is 6.50. The zero-order valence-corrected chi connectivity index (χ0v) is 18.0. The lowest BCUT2D eigenvalue weighted by atomic mass is 9.86. The van der Waals surface area contributed by atoms with Crippen molar-refractivity contribution in [1.82, 2.24) is 9.55 Å². The van der Waals surface area contributed by atoms with Crippen LogP contribution in [0.2, 0.25) is 15.1 Å². The van der Waals surface area contributed by atoms with Crippen LogP contribution in [0, 0.1) is 10.1 Å². The fourth-order valence-corrected chi connectivity index (χ4v) is 4.52. The first kappa shape index (κ1) is 20.9. The van der Waals surface area contributed by atoms with Gasteiger partial charge in [0.2, 0.25) is 0 Å². The van der Waals surface area contributed by atoms with Crippen LogP contribution in [-0.4, -0.2) is 14.6 Å². The maximum Gasteiger partial charge on any atom is 0.295 e. The molecule has 1 atom stereocenters. The van der Waals surface area contributed by atoms with Crippen molar-refractivity contribution >= 4 is 50.7 Å². The van der Waals surface area contributed by atoms with Crippen molar-refractivity contribution in [3.05, 3.63) is 95.9 Å². The molecule has 1 aromatic heterocycles. The fraction of sp³-hybridized carbons (Fsp3) is 0.167. The van der Waals surface area contributed by atoms with Crippen LogP contribution < -0.4 is 0 Å². The Morgan fingerprint density at radius 1 is 1.18 bits per heavy atom. The molecule has 0 spiro atoms. The van der Waals surface area contributed by atoms with E-state index in [4.69, 9.17) is 39.6 Å². The first-order valence-electron chi connectivity index (χ1n) is 7.98. The van der Waals surface area contributed by atoms with E-state index in [0.29, 0.717) is 30.7 Å². The molecule has 0 fully saturated rings. The predicted octanol–water partition coefficient (Wildman–Crippen LogP) is 5.95. The highest BCUT2D eigenvalue weighted by molar-refractivity contribution is 9.10. The summed E-state index contributed by atoms with van der Waals surface area (Å²) in [6.45, 7) is 0.118. The zero-order chi connectivity index (χ0) is 20.3. The van der Waals surface area contributed by atoms with Crippen molar-refractivity contribution in [1.29, 1.82) is 0 Å². The second-order valence-corrected chi connectivity index (χ2v) is 8.22. The third-order valence-electron chi connectivity index (χ3n) is 4.16. The van der Waals surface area contributed by atoms with Crippen LogP contribution in [0.15, 0.2) is 59.6 Å². The van der Waals surface area contributed by atoms with Gasteiger partial charge in [0.25, 0.3) is 5.09 Å². The molecule has 0 aliphatic carbocycles. The van der Waals surface area contributed by atoms with Crippen LogP contribution in [0.25, 0.3) is 0 Å². The molecule has 0 radical (unpaired) electrons. The predicted molar refractivity (Wildman–Crippen MR) is 111 cm³/mol. The summed E-state index contributed by atoms with van der Waals surface area (Å²) in [5.41, 5.74) is -0.200. The van der Waals surface area contributed by atoms with Gasteiger partial charge in [0.05, 0.1) is 12.9 Å². The van der Waals surface area contributed by atoms with Gasteiger partial charge in [-0.3, -0.25) is 0 Å². The molecule has 28 heavy (non-hydrogen) atoms. The first-order chi connectivity index (χ1) is 13.3. The van der Waals surface area contributed by atoms with Crippen LogP contribution in [0.5, 0.6) is 0 Å². The minimum absolute atomic E-state index is 0.113. The number of rotatable bonds is 7. The minimum atomic E-state index is -1.40. The molecule has 3 rings (SSSR count). The largest absolute Gasteiger partial charge is 0.335 e. The molecule has 6 nitrogen and oxygen atoms in total. The summed E-state index contributed by atoms with van der Waals surface area (Å²) in [7, 11) is 0. The van der Waals surface area contributed by atoms with Crippen LogP contribution in [0.3, 0.4) is 0 Å². The SMILES string of the molecule is O=[N+]([O-])OC(Cc1ccc(Cl)cc1Cl)(Cn1ccnc1)c1ccc(Cl)cc1Br. The smallest absolute Gasteiger partial charge is 0.295 e. The third-order valence-corrected chi connectivity index (χ3v) is 5.64. The van der Waals surface area contributed by atoms with Gasteiger partial charge in [0.15, 0.2) is 5.60 Å². The van der Waals surface area contributed by atoms with Crippen LogP contribution in [0.1, 0.15) is 11.1 Å². The molecule has 3 aromatic rings. The summed E-state index contributed by atoms with van der Waals surface area (Å²) in [4.78, 5) is 20.8. The molecule has 146 valence electrons. The van der Waals surface area contributed by atoms with E-state index in [1.165, 1.54) is 0 Å². The number of nitrogens with zero attached hydrogens (tertiary/aromatic N) is 3. The van der Waals surface area contributed by atoms with Crippen molar-refractivity contribution in [3.63, 3.8) is 0 Å². The van der Waals surface area contributed by atoms with E-state index in [1.54, 1.807) is 59.7 Å². The number of benzene rings is 2. The molecule has 0 bridgehead atoms. The lowest BCUT2D eigenvalue weighted by Gasteiger charge is -2.33. The quantitative estimate of drug-likeness (QED) is 0.294. The van der Waals surface area contributed by atoms with Gasteiger partial charge in [-0.2, -0.15) is 0 Å². The van der Waals surface area contributed by atoms with Crippen molar-refractivity contribution in [3.8, 4) is 0 Å². The Bertz CT molecular complexity index is 1000. The summed E-state index contributed by atoms with van der Waals surface area (Å²) >= 11 is 21.9. The van der Waals surface area contributed by atoms with Crippen molar-refractivity contribution < 1.29 is 9.92 Å². The van der Waals surface area contributed by atoms with E-state index in [-0.39, 0.29) is 13.0 Å². The molecule has 0 N–H and O–H groups in total. The Balaban J connectivity index is 2.17. The second kappa shape index (κ2) is 8.69. The topological polar surface area (TPSA) is 70.2 Å². The molecule has 2 aromatic carbocycles. The van der Waals surface area contributed by atoms with Crippen LogP contribution in [0.4, 0.5) is 0 Å². The molecule has 1 unspecified atom stereocenters. The average molecular weight is 506 g/mol. The number of imidazole rings is 1. The van der Waals surface area contributed by atoms with Gasteiger partial charge >= 0.3 is 0 Å². The molecule has 0 saturated heterocycles. The fourth-order valence-electron chi connectivity index (χ4n) is 3.00. The maximum atomic E-state index is 11.5. The molecular weight excluding hydrogens is 492 g/mol. The van der Waals surface area contributed by atoms with Gasteiger partial charge < -0.3 is 9.40 Å². The number of hydrogen-bond donors (Lipinski definition) is 0. The summed E-state index contributed by atoms with van der Waals surface area (Å²) in [6.07, 6.45) is 4.96. The van der Waals surface area contributed by atoms with Gasteiger partial charge in [-0.1, -0.05) is 62.9 Å². The highest BCUT2D eigenvalue weighted by Gasteiger charge is 2.40. The Labute approximate surface area is 184 Å². The number of hydrogen-bond acceptors (Lipinski definition) is 4. The van der Waals surface area contributed by atoms with Crippen LogP contribution >= 0.6 is 50.7 Å². The minimum Gasteiger partial charge on any atom is -0.335 e. The highest BCUT2D eigenvalue weighted by atomic mass is 79.9. The van der Waals surface area contributed by atoms with Gasteiger partial charge in [-0.25, -0.2) is 4.98 Å². The molecule has 1 heterocycles. The van der Waals surface area contributed by atoms with Gasteiger partial charge in [0.1, 0.15) is 0 Å². The van der Waals surface area contributed by atoms with Crippen molar-refractivity contribution in [2.75, 3.05) is 0 Å². The third kappa shape index (κ3) is 4.78. The average Bonchev–Trinajstić information content (AvgIpc) is 3.09. The lowest BCUT2D eigenvalue weighted by molar-refractivity contribution is -0.785. The van der Waals surface area contributed by atoms with Crippen LogP contribution in [-0.2, 0) is 23.4 Å².